The third-order valence-electron chi connectivity index (χ3n) is 4.78. The number of fused-ring (bicyclic) bond motifs is 1. The number of carbonyl (C=O) groups is 2. The van der Waals surface area contributed by atoms with Gasteiger partial charge in [-0.1, -0.05) is 30.3 Å². The topological polar surface area (TPSA) is 132 Å². The second kappa shape index (κ2) is 10.6. The molecule has 2 amide bonds. The Bertz CT molecular complexity index is 1360. The molecule has 0 radical (unpaired) electrons. The molecule has 11 heteroatoms. The number of carbonyl (C=O) groups excluding carboxylic acids is 2. The minimum Gasteiger partial charge on any atom is -0.454 e. The van der Waals surface area contributed by atoms with Gasteiger partial charge in [0.15, 0.2) is 11.5 Å². The van der Waals surface area contributed by atoms with Crippen molar-refractivity contribution in [2.75, 3.05) is 6.79 Å². The molecular formula is C24H17BrN4O6. The van der Waals surface area contributed by atoms with Gasteiger partial charge in [-0.25, -0.2) is 5.43 Å². The number of nitro groups is 1. The van der Waals surface area contributed by atoms with Crippen molar-refractivity contribution in [3.63, 3.8) is 0 Å². The molecule has 0 fully saturated rings. The molecule has 0 spiro atoms. The monoisotopic (exact) mass is 536 g/mol. The summed E-state index contributed by atoms with van der Waals surface area (Å²) in [4.78, 5) is 36.1. The zero-order valence-electron chi connectivity index (χ0n) is 17.9. The van der Waals surface area contributed by atoms with E-state index in [9.17, 15) is 19.7 Å². The SMILES string of the molecule is O=C(NN=Cc1ccc(Br)c([N+](=O)[O-])c1)C(=Cc1ccc2c(c1)OCO2)NC(=O)c1ccccc1. The van der Waals surface area contributed by atoms with E-state index in [2.05, 4.69) is 31.8 Å². The summed E-state index contributed by atoms with van der Waals surface area (Å²) < 4.78 is 11.0. The maximum Gasteiger partial charge on any atom is 0.287 e. The molecule has 2 N–H and O–H groups in total. The van der Waals surface area contributed by atoms with Crippen LogP contribution in [0.4, 0.5) is 5.69 Å². The van der Waals surface area contributed by atoms with Gasteiger partial charge in [0.05, 0.1) is 15.6 Å². The van der Waals surface area contributed by atoms with Crippen LogP contribution in [0.15, 0.2) is 82.0 Å². The molecule has 1 aliphatic heterocycles. The average Bonchev–Trinajstić information content (AvgIpc) is 3.33. The second-order valence-corrected chi connectivity index (χ2v) is 8.01. The van der Waals surface area contributed by atoms with Crippen molar-refractivity contribution >= 4 is 45.7 Å². The molecule has 0 atom stereocenters. The van der Waals surface area contributed by atoms with Crippen molar-refractivity contribution in [2.24, 2.45) is 5.10 Å². The molecule has 3 aromatic carbocycles. The first-order valence-corrected chi connectivity index (χ1v) is 10.9. The number of benzene rings is 3. The molecule has 0 saturated carbocycles. The predicted molar refractivity (Wildman–Crippen MR) is 131 cm³/mol. The molecule has 0 aliphatic carbocycles. The van der Waals surface area contributed by atoms with E-state index < -0.39 is 16.7 Å². The smallest absolute Gasteiger partial charge is 0.287 e. The van der Waals surface area contributed by atoms with Crippen molar-refractivity contribution in [1.82, 2.24) is 10.7 Å². The van der Waals surface area contributed by atoms with Crippen LogP contribution in [0.1, 0.15) is 21.5 Å². The normalized spacial score (nSPS) is 12.4. The minimum absolute atomic E-state index is 0.0725. The van der Waals surface area contributed by atoms with Crippen LogP contribution in [-0.2, 0) is 4.79 Å². The number of rotatable bonds is 7. The van der Waals surface area contributed by atoms with E-state index in [0.29, 0.717) is 32.7 Å². The molecule has 0 unspecified atom stereocenters. The van der Waals surface area contributed by atoms with Crippen LogP contribution < -0.4 is 20.2 Å². The fourth-order valence-electron chi connectivity index (χ4n) is 3.09. The number of halogens is 1. The Hall–Kier alpha value is -4.51. The van der Waals surface area contributed by atoms with E-state index in [1.807, 2.05) is 0 Å². The molecule has 0 bridgehead atoms. The van der Waals surface area contributed by atoms with Crippen LogP contribution in [0.25, 0.3) is 6.08 Å². The molecule has 0 aromatic heterocycles. The van der Waals surface area contributed by atoms with Gasteiger partial charge in [-0.3, -0.25) is 19.7 Å². The van der Waals surface area contributed by atoms with Gasteiger partial charge in [0, 0.05) is 17.2 Å². The van der Waals surface area contributed by atoms with E-state index in [0.717, 1.165) is 0 Å². The van der Waals surface area contributed by atoms with E-state index in [1.165, 1.54) is 24.4 Å². The van der Waals surface area contributed by atoms with Crippen molar-refractivity contribution < 1.29 is 24.0 Å². The van der Waals surface area contributed by atoms with Crippen LogP contribution in [0.2, 0.25) is 0 Å². The molecular weight excluding hydrogens is 520 g/mol. The van der Waals surface area contributed by atoms with Crippen molar-refractivity contribution in [2.45, 2.75) is 0 Å². The number of ether oxygens (including phenoxy) is 2. The molecule has 1 aliphatic rings. The summed E-state index contributed by atoms with van der Waals surface area (Å²) in [5, 5.41) is 17.6. The van der Waals surface area contributed by atoms with E-state index in [-0.39, 0.29) is 18.2 Å². The summed E-state index contributed by atoms with van der Waals surface area (Å²) in [7, 11) is 0. The number of hydrogen-bond donors (Lipinski definition) is 2. The van der Waals surface area contributed by atoms with Gasteiger partial charge in [-0.05, 0) is 57.9 Å². The zero-order chi connectivity index (χ0) is 24.8. The lowest BCUT2D eigenvalue weighted by atomic mass is 10.1. The standard InChI is InChI=1S/C24H17BrN4O6/c25-18-8-6-16(11-20(18)29(32)33)13-26-28-24(31)19(27-23(30)17-4-2-1-3-5-17)10-15-7-9-21-22(12-15)35-14-34-21/h1-13H,14H2,(H,27,30)(H,28,31). The van der Waals surface area contributed by atoms with Crippen LogP contribution >= 0.6 is 15.9 Å². The summed E-state index contributed by atoms with van der Waals surface area (Å²) in [5.41, 5.74) is 3.47. The van der Waals surface area contributed by atoms with Crippen LogP contribution in [0.3, 0.4) is 0 Å². The summed E-state index contributed by atoms with van der Waals surface area (Å²) in [6, 6.07) is 17.9. The highest BCUT2D eigenvalue weighted by Gasteiger charge is 2.17. The highest BCUT2D eigenvalue weighted by atomic mass is 79.9. The Morgan fingerprint density at radius 2 is 1.74 bits per heavy atom. The van der Waals surface area contributed by atoms with E-state index in [4.69, 9.17) is 9.47 Å². The van der Waals surface area contributed by atoms with Crippen LogP contribution in [0.5, 0.6) is 11.5 Å². The maximum absolute atomic E-state index is 12.9. The summed E-state index contributed by atoms with van der Waals surface area (Å²) >= 11 is 3.11. The minimum atomic E-state index is -0.699. The molecule has 0 saturated heterocycles. The molecule has 35 heavy (non-hydrogen) atoms. The van der Waals surface area contributed by atoms with Gasteiger partial charge in [0.25, 0.3) is 17.5 Å². The Labute approximate surface area is 207 Å². The first kappa shape index (κ1) is 23.6. The Morgan fingerprint density at radius 3 is 2.51 bits per heavy atom. The van der Waals surface area contributed by atoms with Gasteiger partial charge in [0.2, 0.25) is 6.79 Å². The lowest BCUT2D eigenvalue weighted by molar-refractivity contribution is -0.385. The number of nitrogens with one attached hydrogen (secondary N) is 2. The first-order valence-electron chi connectivity index (χ1n) is 10.2. The summed E-state index contributed by atoms with van der Waals surface area (Å²) in [6.07, 6.45) is 2.73. The fourth-order valence-corrected chi connectivity index (χ4v) is 3.48. The predicted octanol–water partition coefficient (Wildman–Crippen LogP) is 4.01. The molecule has 10 nitrogen and oxygen atoms in total. The number of hydrogen-bond acceptors (Lipinski definition) is 7. The quantitative estimate of drug-likeness (QED) is 0.203. The fraction of sp³-hybridized carbons (Fsp3) is 0.0417. The second-order valence-electron chi connectivity index (χ2n) is 7.16. The molecule has 1 heterocycles. The first-order chi connectivity index (χ1) is 16.9. The third-order valence-corrected chi connectivity index (χ3v) is 5.45. The molecule has 3 aromatic rings. The van der Waals surface area contributed by atoms with Crippen molar-refractivity contribution in [1.29, 1.82) is 0 Å². The summed E-state index contributed by atoms with van der Waals surface area (Å²) in [6.45, 7) is 0.101. The Morgan fingerprint density at radius 1 is 1.00 bits per heavy atom. The highest BCUT2D eigenvalue weighted by molar-refractivity contribution is 9.10. The van der Waals surface area contributed by atoms with Gasteiger partial charge >= 0.3 is 0 Å². The lowest BCUT2D eigenvalue weighted by Gasteiger charge is -2.09. The van der Waals surface area contributed by atoms with Gasteiger partial charge in [-0.2, -0.15) is 5.10 Å². The van der Waals surface area contributed by atoms with Crippen molar-refractivity contribution in [3.8, 4) is 11.5 Å². The Kier molecular flexibility index (Phi) is 7.17. The zero-order valence-corrected chi connectivity index (χ0v) is 19.5. The molecule has 4 rings (SSSR count). The van der Waals surface area contributed by atoms with Gasteiger partial charge < -0.3 is 14.8 Å². The average molecular weight is 537 g/mol. The Balaban J connectivity index is 1.56. The van der Waals surface area contributed by atoms with E-state index >= 15 is 0 Å². The van der Waals surface area contributed by atoms with Crippen LogP contribution in [0, 0.1) is 10.1 Å². The lowest BCUT2D eigenvalue weighted by Crippen LogP contribution is -2.32. The number of nitro benzene ring substituents is 1. The van der Waals surface area contributed by atoms with Crippen LogP contribution in [-0.4, -0.2) is 29.7 Å². The van der Waals surface area contributed by atoms with Crippen molar-refractivity contribution in [3.05, 3.63) is 104 Å². The van der Waals surface area contributed by atoms with Gasteiger partial charge in [0.1, 0.15) is 5.70 Å². The summed E-state index contributed by atoms with van der Waals surface area (Å²) in [5.74, 6) is -0.0903. The third kappa shape index (κ3) is 5.89. The number of nitrogens with zero attached hydrogens (tertiary/aromatic N) is 2. The number of amides is 2. The van der Waals surface area contributed by atoms with E-state index in [1.54, 1.807) is 54.6 Å². The molecule has 176 valence electrons. The highest BCUT2D eigenvalue weighted by Crippen LogP contribution is 2.33. The number of hydrazone groups is 1. The van der Waals surface area contributed by atoms with Gasteiger partial charge in [-0.15, -0.1) is 0 Å². The largest absolute Gasteiger partial charge is 0.454 e. The maximum atomic E-state index is 12.9.